The first-order chi connectivity index (χ1) is 5.74. The first kappa shape index (κ1) is 11.3. The van der Waals surface area contributed by atoms with Crippen molar-refractivity contribution in [3.63, 3.8) is 0 Å². The van der Waals surface area contributed by atoms with Gasteiger partial charge in [0.15, 0.2) is 0 Å². The van der Waals surface area contributed by atoms with Crippen molar-refractivity contribution in [1.82, 2.24) is 0 Å². The summed E-state index contributed by atoms with van der Waals surface area (Å²) in [5.74, 6) is -0.245. The molecule has 1 aliphatic rings. The van der Waals surface area contributed by atoms with E-state index in [1.54, 1.807) is 21.3 Å². The molecule has 0 spiro atoms. The lowest BCUT2D eigenvalue weighted by Crippen LogP contribution is -2.21. The number of rotatable bonds is 3. The van der Waals surface area contributed by atoms with E-state index in [2.05, 4.69) is 4.74 Å². The Hall–Kier alpha value is -0.693. The maximum atomic E-state index is 9.59. The third-order valence-corrected chi connectivity index (χ3v) is 2.12. The molecule has 0 N–H and O–H groups in total. The quantitative estimate of drug-likeness (QED) is 0.454. The van der Waals surface area contributed by atoms with Crippen LogP contribution in [0.1, 0.15) is 0 Å². The Labute approximate surface area is 72.8 Å². The Kier molecular flexibility index (Phi) is 6.58. The number of ether oxygens (including phenoxy) is 1. The molecule has 6 heteroatoms. The van der Waals surface area contributed by atoms with E-state index < -0.39 is 9.53 Å². The van der Waals surface area contributed by atoms with Gasteiger partial charge in [0.1, 0.15) is 6.26 Å². The van der Waals surface area contributed by atoms with Crippen molar-refractivity contribution in [2.75, 3.05) is 21.3 Å². The van der Waals surface area contributed by atoms with Gasteiger partial charge in [-0.3, -0.25) is 0 Å². The number of esters is 1. The van der Waals surface area contributed by atoms with Crippen molar-refractivity contribution in [1.29, 1.82) is 0 Å². The zero-order chi connectivity index (χ0) is 9.40. The Balaban J connectivity index is 0.000000211. The highest BCUT2D eigenvalue weighted by atomic mass is 28.3. The molecular weight excluding hydrogens is 180 g/mol. The monoisotopic (exact) mass is 192 g/mol. The normalized spacial score (nSPS) is 13.2. The summed E-state index contributed by atoms with van der Waals surface area (Å²) < 4.78 is 18.3. The predicted octanol–water partition coefficient (Wildman–Crippen LogP) is -0.300. The van der Waals surface area contributed by atoms with Crippen LogP contribution in [0.15, 0.2) is 12.3 Å². The van der Waals surface area contributed by atoms with E-state index in [9.17, 15) is 4.79 Å². The molecule has 70 valence electrons. The van der Waals surface area contributed by atoms with Gasteiger partial charge in [0.25, 0.3) is 0 Å². The van der Waals surface area contributed by atoms with Crippen molar-refractivity contribution in [3.05, 3.63) is 12.3 Å². The molecule has 0 bridgehead atoms. The van der Waals surface area contributed by atoms with Crippen LogP contribution >= 0.6 is 0 Å². The summed E-state index contributed by atoms with van der Waals surface area (Å²) in [6.45, 7) is 0. The van der Waals surface area contributed by atoms with Gasteiger partial charge in [-0.15, -0.1) is 0 Å². The molecule has 5 nitrogen and oxygen atoms in total. The van der Waals surface area contributed by atoms with Crippen LogP contribution in [0.3, 0.4) is 0 Å². The average Bonchev–Trinajstić information content (AvgIpc) is 2.05. The van der Waals surface area contributed by atoms with Crippen LogP contribution in [0.2, 0.25) is 0 Å². The lowest BCUT2D eigenvalue weighted by atomic mass is 10.6. The second-order valence-corrected chi connectivity index (χ2v) is 3.73. The molecule has 0 aromatic rings. The molecule has 0 fully saturated rings. The minimum atomic E-state index is -1.67. The fourth-order valence-electron chi connectivity index (χ4n) is 0.412. The predicted molar refractivity (Wildman–Crippen MR) is 43.4 cm³/mol. The van der Waals surface area contributed by atoms with Gasteiger partial charge in [-0.05, 0) is 0 Å². The highest BCUT2D eigenvalue weighted by Gasteiger charge is 2.04. The van der Waals surface area contributed by atoms with Crippen LogP contribution in [0.5, 0.6) is 0 Å². The third-order valence-electron chi connectivity index (χ3n) is 0.966. The smallest absolute Gasteiger partial charge is 0.431 e. The molecule has 1 aliphatic heterocycles. The number of hydrogen-bond acceptors (Lipinski definition) is 5. The van der Waals surface area contributed by atoms with E-state index >= 15 is 0 Å². The third kappa shape index (κ3) is 5.02. The van der Waals surface area contributed by atoms with Crippen LogP contribution in [0.4, 0.5) is 0 Å². The van der Waals surface area contributed by atoms with E-state index in [1.807, 2.05) is 0 Å². The topological polar surface area (TPSA) is 54.0 Å². The highest BCUT2D eigenvalue weighted by Crippen LogP contribution is 1.91. The molecule has 0 saturated heterocycles. The van der Waals surface area contributed by atoms with E-state index in [1.165, 1.54) is 12.3 Å². The van der Waals surface area contributed by atoms with Gasteiger partial charge in [-0.25, -0.2) is 4.79 Å². The van der Waals surface area contributed by atoms with Crippen LogP contribution in [-0.2, 0) is 22.8 Å². The summed E-state index contributed by atoms with van der Waals surface area (Å²) in [6.07, 6.45) is 2.71. The first-order valence-electron chi connectivity index (χ1n) is 3.20. The highest BCUT2D eigenvalue weighted by molar-refractivity contribution is 6.36. The molecule has 0 atom stereocenters. The van der Waals surface area contributed by atoms with Gasteiger partial charge in [-0.2, -0.15) is 0 Å². The SMILES string of the molecule is CO[SiH](OC)OC.O=C1C=CO1. The largest absolute Gasteiger partial charge is 0.483 e. The Morgan fingerprint density at radius 1 is 1.25 bits per heavy atom. The van der Waals surface area contributed by atoms with Gasteiger partial charge in [0, 0.05) is 21.3 Å². The van der Waals surface area contributed by atoms with Crippen LogP contribution in [-0.4, -0.2) is 36.8 Å². The van der Waals surface area contributed by atoms with Crippen molar-refractivity contribution in [2.24, 2.45) is 0 Å². The Bertz CT molecular complexity index is 149. The molecule has 0 radical (unpaired) electrons. The lowest BCUT2D eigenvalue weighted by molar-refractivity contribution is -0.136. The average molecular weight is 192 g/mol. The number of carbonyl (C=O) groups is 1. The van der Waals surface area contributed by atoms with Gasteiger partial charge in [0.2, 0.25) is 0 Å². The summed E-state index contributed by atoms with van der Waals surface area (Å²) in [7, 11) is 3.05. The van der Waals surface area contributed by atoms with Gasteiger partial charge in [0.05, 0.1) is 6.08 Å². The summed E-state index contributed by atoms with van der Waals surface area (Å²) in [6, 6.07) is 0. The summed E-state index contributed by atoms with van der Waals surface area (Å²) >= 11 is 0. The summed E-state index contributed by atoms with van der Waals surface area (Å²) in [5, 5.41) is 0. The van der Waals surface area contributed by atoms with Crippen molar-refractivity contribution < 1.29 is 22.8 Å². The molecule has 0 aromatic carbocycles. The van der Waals surface area contributed by atoms with Crippen LogP contribution in [0, 0.1) is 0 Å². The number of hydrogen-bond donors (Lipinski definition) is 0. The van der Waals surface area contributed by atoms with Gasteiger partial charge >= 0.3 is 15.5 Å². The molecule has 12 heavy (non-hydrogen) atoms. The maximum Gasteiger partial charge on any atom is 0.483 e. The second-order valence-electron chi connectivity index (χ2n) is 1.74. The summed E-state index contributed by atoms with van der Waals surface area (Å²) in [4.78, 5) is 9.59. The minimum absolute atomic E-state index is 0.245. The van der Waals surface area contributed by atoms with E-state index in [4.69, 9.17) is 13.3 Å². The van der Waals surface area contributed by atoms with E-state index in [0.717, 1.165) is 0 Å². The molecule has 1 rings (SSSR count). The van der Waals surface area contributed by atoms with Crippen molar-refractivity contribution in [2.45, 2.75) is 0 Å². The molecule has 1 heterocycles. The Morgan fingerprint density at radius 2 is 1.58 bits per heavy atom. The van der Waals surface area contributed by atoms with E-state index in [0.29, 0.717) is 0 Å². The molecule has 0 aromatic heterocycles. The van der Waals surface area contributed by atoms with Gasteiger partial charge in [-0.1, -0.05) is 0 Å². The maximum absolute atomic E-state index is 9.59. The fourth-order valence-corrected chi connectivity index (χ4v) is 0.990. The fraction of sp³-hybridized carbons (Fsp3) is 0.500. The minimum Gasteiger partial charge on any atom is -0.431 e. The first-order valence-corrected chi connectivity index (χ1v) is 4.61. The van der Waals surface area contributed by atoms with Crippen LogP contribution < -0.4 is 0 Å². The van der Waals surface area contributed by atoms with Crippen molar-refractivity contribution >= 4 is 15.5 Å². The molecular formula is C6H12O5Si. The van der Waals surface area contributed by atoms with E-state index in [-0.39, 0.29) is 5.97 Å². The zero-order valence-corrected chi connectivity index (χ0v) is 8.43. The van der Waals surface area contributed by atoms with Crippen LogP contribution in [0.25, 0.3) is 0 Å². The zero-order valence-electron chi connectivity index (χ0n) is 7.27. The standard InChI is InChI=1S/C3H10O3Si.C3H2O2/c1-4-7(5-2)6-3;4-3-1-2-5-3/h7H,1-3H3;1-2H. The molecule has 0 saturated carbocycles. The lowest BCUT2D eigenvalue weighted by Gasteiger charge is -2.05. The number of carbonyl (C=O) groups excluding carboxylic acids is 1. The molecule has 0 aliphatic carbocycles. The van der Waals surface area contributed by atoms with Crippen molar-refractivity contribution in [3.8, 4) is 0 Å². The second kappa shape index (κ2) is 6.98. The molecule has 0 unspecified atom stereocenters. The number of cyclic esters (lactones) is 1. The Morgan fingerprint density at radius 3 is 1.58 bits per heavy atom. The van der Waals surface area contributed by atoms with Gasteiger partial charge < -0.3 is 18.0 Å². The summed E-state index contributed by atoms with van der Waals surface area (Å²) in [5.41, 5.74) is 0. The molecule has 0 amide bonds.